The molecule has 3 rings (SSSR count). The number of benzene rings is 2. The van der Waals surface area contributed by atoms with Crippen LogP contribution < -0.4 is 14.3 Å². The number of hydrogen-bond acceptors (Lipinski definition) is 7. The van der Waals surface area contributed by atoms with Gasteiger partial charge in [0, 0.05) is 11.6 Å². The van der Waals surface area contributed by atoms with Crippen molar-refractivity contribution in [2.24, 2.45) is 5.10 Å². The Bertz CT molecular complexity index is 971. The maximum atomic E-state index is 12.2. The van der Waals surface area contributed by atoms with Crippen LogP contribution in [0.15, 0.2) is 46.4 Å². The second kappa shape index (κ2) is 6.40. The highest BCUT2D eigenvalue weighted by molar-refractivity contribution is 7.89. The second-order valence-corrected chi connectivity index (χ2v) is 6.83. The second-order valence-electron chi connectivity index (χ2n) is 5.17. The maximum Gasteiger partial charge on any atom is 0.276 e. The molecule has 0 atom stereocenters. The van der Waals surface area contributed by atoms with Crippen LogP contribution >= 0.6 is 0 Å². The van der Waals surface area contributed by atoms with Gasteiger partial charge in [-0.3, -0.25) is 10.1 Å². The standard InChI is InChI=1S/C15H13N3O6S/c1-10-2-4-12(7-13(10)18(19)20)25(21,22)17-16-8-11-3-5-14-15(6-11)24-9-23-14/h2-8,17H,9H2,1H3/b16-8+. The summed E-state index contributed by atoms with van der Waals surface area (Å²) in [4.78, 5) is 12.1. The van der Waals surface area contributed by atoms with E-state index in [1.807, 2.05) is 4.83 Å². The zero-order valence-electron chi connectivity index (χ0n) is 13.0. The first kappa shape index (κ1) is 16.7. The van der Waals surface area contributed by atoms with E-state index in [1.54, 1.807) is 18.2 Å². The first-order chi connectivity index (χ1) is 11.9. The van der Waals surface area contributed by atoms with E-state index < -0.39 is 14.9 Å². The van der Waals surface area contributed by atoms with Crippen LogP contribution in [-0.4, -0.2) is 26.3 Å². The number of hydrazone groups is 1. The molecule has 0 fully saturated rings. The van der Waals surface area contributed by atoms with E-state index in [2.05, 4.69) is 5.10 Å². The number of aryl methyl sites for hydroxylation is 1. The van der Waals surface area contributed by atoms with Crippen molar-refractivity contribution in [3.05, 3.63) is 57.6 Å². The lowest BCUT2D eigenvalue weighted by Gasteiger charge is -2.04. The fourth-order valence-corrected chi connectivity index (χ4v) is 2.98. The number of sulfonamides is 1. The SMILES string of the molecule is Cc1ccc(S(=O)(=O)N/N=C/c2ccc3c(c2)OCO3)cc1[N+](=O)[O-]. The van der Waals surface area contributed by atoms with Crippen LogP contribution in [0.2, 0.25) is 0 Å². The van der Waals surface area contributed by atoms with E-state index >= 15 is 0 Å². The number of nitro benzene ring substituents is 1. The molecule has 130 valence electrons. The Morgan fingerprint density at radius 3 is 2.72 bits per heavy atom. The number of rotatable bonds is 5. The Hall–Kier alpha value is -3.14. The van der Waals surface area contributed by atoms with Crippen LogP contribution in [0.25, 0.3) is 0 Å². The van der Waals surface area contributed by atoms with Crippen molar-refractivity contribution in [2.75, 3.05) is 6.79 Å². The van der Waals surface area contributed by atoms with E-state index in [4.69, 9.17) is 9.47 Å². The summed E-state index contributed by atoms with van der Waals surface area (Å²) < 4.78 is 34.8. The van der Waals surface area contributed by atoms with Crippen molar-refractivity contribution in [2.45, 2.75) is 11.8 Å². The van der Waals surface area contributed by atoms with E-state index in [1.165, 1.54) is 25.3 Å². The molecule has 0 radical (unpaired) electrons. The molecule has 1 heterocycles. The van der Waals surface area contributed by atoms with Crippen molar-refractivity contribution in [3.8, 4) is 11.5 Å². The van der Waals surface area contributed by atoms with Crippen LogP contribution in [0.1, 0.15) is 11.1 Å². The Morgan fingerprint density at radius 1 is 1.20 bits per heavy atom. The van der Waals surface area contributed by atoms with Gasteiger partial charge in [-0.25, -0.2) is 4.83 Å². The predicted octanol–water partition coefficient (Wildman–Crippen LogP) is 1.94. The zero-order valence-corrected chi connectivity index (χ0v) is 13.8. The molecule has 1 aliphatic heterocycles. The minimum absolute atomic E-state index is 0.134. The molecule has 0 spiro atoms. The van der Waals surface area contributed by atoms with Crippen molar-refractivity contribution < 1.29 is 22.8 Å². The largest absolute Gasteiger partial charge is 0.454 e. The Morgan fingerprint density at radius 2 is 1.96 bits per heavy atom. The number of nitrogens with one attached hydrogen (secondary N) is 1. The van der Waals surface area contributed by atoms with Crippen molar-refractivity contribution >= 4 is 21.9 Å². The molecule has 2 aromatic carbocycles. The lowest BCUT2D eigenvalue weighted by Crippen LogP contribution is -2.18. The molecule has 25 heavy (non-hydrogen) atoms. The van der Waals surface area contributed by atoms with Gasteiger partial charge in [-0.1, -0.05) is 6.07 Å². The van der Waals surface area contributed by atoms with E-state index in [-0.39, 0.29) is 17.4 Å². The van der Waals surface area contributed by atoms with Gasteiger partial charge in [-0.2, -0.15) is 13.5 Å². The molecule has 0 saturated heterocycles. The highest BCUT2D eigenvalue weighted by Crippen LogP contribution is 2.32. The van der Waals surface area contributed by atoms with E-state index in [0.717, 1.165) is 6.07 Å². The first-order valence-electron chi connectivity index (χ1n) is 7.06. The molecular formula is C15H13N3O6S. The monoisotopic (exact) mass is 363 g/mol. The van der Waals surface area contributed by atoms with Gasteiger partial charge in [0.2, 0.25) is 6.79 Å². The first-order valence-corrected chi connectivity index (χ1v) is 8.55. The number of hydrogen-bond donors (Lipinski definition) is 1. The summed E-state index contributed by atoms with van der Waals surface area (Å²) in [6.07, 6.45) is 1.29. The molecular weight excluding hydrogens is 350 g/mol. The number of fused-ring (bicyclic) bond motifs is 1. The van der Waals surface area contributed by atoms with Crippen molar-refractivity contribution in [3.63, 3.8) is 0 Å². The molecule has 1 N–H and O–H groups in total. The predicted molar refractivity (Wildman–Crippen MR) is 88.3 cm³/mol. The van der Waals surface area contributed by atoms with Crippen molar-refractivity contribution in [1.82, 2.24) is 4.83 Å². The fraction of sp³-hybridized carbons (Fsp3) is 0.133. The summed E-state index contributed by atoms with van der Waals surface area (Å²) in [5.41, 5.74) is 0.692. The van der Waals surface area contributed by atoms with Gasteiger partial charge in [0.25, 0.3) is 15.7 Å². The van der Waals surface area contributed by atoms with Gasteiger partial charge in [0.15, 0.2) is 11.5 Å². The highest BCUT2D eigenvalue weighted by Gasteiger charge is 2.19. The molecule has 1 aliphatic rings. The smallest absolute Gasteiger partial charge is 0.276 e. The highest BCUT2D eigenvalue weighted by atomic mass is 32.2. The summed E-state index contributed by atoms with van der Waals surface area (Å²) >= 11 is 0. The molecule has 0 saturated carbocycles. The quantitative estimate of drug-likeness (QED) is 0.492. The van der Waals surface area contributed by atoms with Gasteiger partial charge < -0.3 is 9.47 Å². The third-order valence-electron chi connectivity index (χ3n) is 3.47. The van der Waals surface area contributed by atoms with Crippen molar-refractivity contribution in [1.29, 1.82) is 0 Å². The van der Waals surface area contributed by atoms with E-state index in [9.17, 15) is 18.5 Å². The number of nitrogens with zero attached hydrogens (tertiary/aromatic N) is 2. The fourth-order valence-electron chi connectivity index (χ4n) is 2.17. The van der Waals surface area contributed by atoms with Gasteiger partial charge in [-0.15, -0.1) is 0 Å². The summed E-state index contributed by atoms with van der Waals surface area (Å²) in [7, 11) is -4.02. The Kier molecular flexibility index (Phi) is 4.28. The van der Waals surface area contributed by atoms with E-state index in [0.29, 0.717) is 22.6 Å². The van der Waals surface area contributed by atoms with Gasteiger partial charge >= 0.3 is 0 Å². The van der Waals surface area contributed by atoms with Crippen LogP contribution in [-0.2, 0) is 10.0 Å². The Labute approximate surface area is 143 Å². The third-order valence-corrected chi connectivity index (χ3v) is 4.69. The molecule has 0 aromatic heterocycles. The lowest BCUT2D eigenvalue weighted by atomic mass is 10.2. The summed E-state index contributed by atoms with van der Waals surface area (Å²) in [5.74, 6) is 1.14. The Balaban J connectivity index is 1.78. The van der Waals surface area contributed by atoms with Crippen LogP contribution in [0.5, 0.6) is 11.5 Å². The van der Waals surface area contributed by atoms with Crippen LogP contribution in [0, 0.1) is 17.0 Å². The summed E-state index contributed by atoms with van der Waals surface area (Å²) in [5, 5.41) is 14.6. The summed E-state index contributed by atoms with van der Waals surface area (Å²) in [6.45, 7) is 1.66. The lowest BCUT2D eigenvalue weighted by molar-refractivity contribution is -0.385. The third kappa shape index (κ3) is 3.53. The molecule has 0 bridgehead atoms. The van der Waals surface area contributed by atoms with Crippen LogP contribution in [0.3, 0.4) is 0 Å². The minimum atomic E-state index is -4.02. The number of nitro groups is 1. The summed E-state index contributed by atoms with van der Waals surface area (Å²) in [6, 6.07) is 8.66. The normalized spacial score (nSPS) is 13.2. The van der Waals surface area contributed by atoms with Gasteiger partial charge in [-0.05, 0) is 36.8 Å². The van der Waals surface area contributed by atoms with Gasteiger partial charge in [0.1, 0.15) is 0 Å². The maximum absolute atomic E-state index is 12.2. The average Bonchev–Trinajstić information content (AvgIpc) is 3.02. The molecule has 9 nitrogen and oxygen atoms in total. The molecule has 0 aliphatic carbocycles. The van der Waals surface area contributed by atoms with Gasteiger partial charge in [0.05, 0.1) is 16.0 Å². The molecule has 0 unspecified atom stereocenters. The molecule has 10 heteroatoms. The molecule has 2 aromatic rings. The zero-order chi connectivity index (χ0) is 18.0. The molecule has 0 amide bonds. The number of ether oxygens (including phenoxy) is 2. The van der Waals surface area contributed by atoms with Crippen LogP contribution in [0.4, 0.5) is 5.69 Å². The topological polar surface area (TPSA) is 120 Å². The minimum Gasteiger partial charge on any atom is -0.454 e. The average molecular weight is 363 g/mol.